The van der Waals surface area contributed by atoms with Gasteiger partial charge in [-0.1, -0.05) is 131 Å². The first-order valence-electron chi connectivity index (χ1n) is 18.1. The van der Waals surface area contributed by atoms with E-state index in [-0.39, 0.29) is 31.1 Å². The third kappa shape index (κ3) is 8.74. The summed E-state index contributed by atoms with van der Waals surface area (Å²) in [4.78, 5) is 9.26. The molecule has 0 fully saturated rings. The summed E-state index contributed by atoms with van der Waals surface area (Å²) < 4.78 is 32.5. The van der Waals surface area contributed by atoms with Gasteiger partial charge >= 0.3 is 0 Å². The van der Waals surface area contributed by atoms with E-state index in [2.05, 4.69) is 80.9 Å². The summed E-state index contributed by atoms with van der Waals surface area (Å²) >= 11 is 0. The molecule has 0 unspecified atom stereocenters. The second-order valence-corrected chi connectivity index (χ2v) is 18.6. The predicted molar refractivity (Wildman–Crippen MR) is 203 cm³/mol. The number of hydrogen-bond acceptors (Lipinski definition) is 2. The van der Waals surface area contributed by atoms with Gasteiger partial charge in [-0.2, -0.15) is 0 Å². The summed E-state index contributed by atoms with van der Waals surface area (Å²) in [5, 5.41) is 1.26. The van der Waals surface area contributed by atoms with E-state index in [1.807, 2.05) is 92.8 Å². The normalized spacial score (nSPS) is 13.1. The van der Waals surface area contributed by atoms with Gasteiger partial charge in [0.15, 0.2) is 0 Å². The molecule has 0 saturated heterocycles. The van der Waals surface area contributed by atoms with Crippen LogP contribution in [0.5, 0.6) is 0 Å². The van der Waals surface area contributed by atoms with Crippen LogP contribution in [0, 0.1) is 19.0 Å². The number of aromatic nitrogens is 2. The summed E-state index contributed by atoms with van der Waals surface area (Å²) in [6.07, 6.45) is 3.77. The van der Waals surface area contributed by atoms with Crippen molar-refractivity contribution in [3.63, 3.8) is 0 Å². The molecule has 0 amide bonds. The van der Waals surface area contributed by atoms with Crippen molar-refractivity contribution in [3.05, 3.63) is 162 Å². The standard InChI is InChI=1S/C23H26NSi.C21H20N.Ir/c1-17(2)21-15-22(24-16-23(21)25(3,4)5)20-13-9-12-19(14-20)18-10-7-6-8-11-18;1-16-14-19(21(2,3)18-12-8-5-9-13-18)15-22-20(16)17-10-6-4-7-11-17;/h6-12,14-17H,1-5H3;4-10,12-15H,1-3H3;/q2*-1;/i17D;1D3;. The molecule has 247 valence electrons. The summed E-state index contributed by atoms with van der Waals surface area (Å²) in [5.41, 5.74) is 8.36. The van der Waals surface area contributed by atoms with Crippen molar-refractivity contribution in [2.24, 2.45) is 0 Å². The number of aryl methyl sites for hydroxylation is 1. The number of rotatable bonds is 7. The maximum atomic E-state index is 8.61. The van der Waals surface area contributed by atoms with Crippen LogP contribution in [0.1, 0.15) is 61.3 Å². The molecule has 0 N–H and O–H groups in total. The van der Waals surface area contributed by atoms with Crippen LogP contribution in [0.2, 0.25) is 19.6 Å². The third-order valence-electron chi connectivity index (χ3n) is 8.50. The monoisotopic (exact) mass is 827 g/mol. The Kier molecular flexibility index (Phi) is 10.4. The van der Waals surface area contributed by atoms with Crippen molar-refractivity contribution >= 4 is 13.3 Å². The molecule has 6 rings (SSSR count). The fourth-order valence-electron chi connectivity index (χ4n) is 5.62. The van der Waals surface area contributed by atoms with E-state index in [1.54, 1.807) is 18.3 Å². The molecule has 2 nitrogen and oxygen atoms in total. The van der Waals surface area contributed by atoms with E-state index in [4.69, 9.17) is 10.5 Å². The average Bonchev–Trinajstić information content (AvgIpc) is 3.11. The van der Waals surface area contributed by atoms with E-state index in [1.165, 1.54) is 10.8 Å². The van der Waals surface area contributed by atoms with Crippen LogP contribution >= 0.6 is 0 Å². The predicted octanol–water partition coefficient (Wildman–Crippen LogP) is 11.1. The molecule has 0 spiro atoms. The number of pyridine rings is 2. The third-order valence-corrected chi connectivity index (χ3v) is 10.5. The Bertz CT molecular complexity index is 2070. The van der Waals surface area contributed by atoms with E-state index >= 15 is 0 Å². The first kappa shape index (κ1) is 31.3. The molecule has 0 atom stereocenters. The van der Waals surface area contributed by atoms with E-state index in [0.29, 0.717) is 11.3 Å². The van der Waals surface area contributed by atoms with Crippen LogP contribution in [-0.4, -0.2) is 18.0 Å². The van der Waals surface area contributed by atoms with Gasteiger partial charge in [-0.3, -0.25) is 0 Å². The zero-order valence-corrected chi connectivity index (χ0v) is 32.2. The van der Waals surface area contributed by atoms with Crippen LogP contribution in [-0.2, 0) is 25.5 Å². The molecular formula is C44H46IrN2Si-2. The maximum Gasteiger partial charge on any atom is 0.0799 e. The Morgan fingerprint density at radius 3 is 2.00 bits per heavy atom. The molecule has 0 saturated carbocycles. The molecule has 4 aromatic carbocycles. The van der Waals surface area contributed by atoms with E-state index in [9.17, 15) is 0 Å². The molecule has 0 aliphatic heterocycles. The van der Waals surface area contributed by atoms with Crippen LogP contribution in [0.15, 0.2) is 128 Å². The minimum Gasteiger partial charge on any atom is -0.305 e. The molecule has 0 aliphatic carbocycles. The van der Waals surface area contributed by atoms with Crippen LogP contribution in [0.3, 0.4) is 0 Å². The summed E-state index contributed by atoms with van der Waals surface area (Å²) in [5.74, 6) is -0.648. The van der Waals surface area contributed by atoms with Gasteiger partial charge in [0, 0.05) is 43.4 Å². The van der Waals surface area contributed by atoms with Crippen molar-refractivity contribution in [3.8, 4) is 33.6 Å². The van der Waals surface area contributed by atoms with Gasteiger partial charge in [0.1, 0.15) is 0 Å². The van der Waals surface area contributed by atoms with Gasteiger partial charge in [0.05, 0.1) is 8.07 Å². The molecule has 2 heterocycles. The fourth-order valence-corrected chi connectivity index (χ4v) is 7.20. The van der Waals surface area contributed by atoms with Crippen molar-refractivity contribution in [2.75, 3.05) is 0 Å². The summed E-state index contributed by atoms with van der Waals surface area (Å²) in [6.45, 7) is 12.8. The maximum absolute atomic E-state index is 8.61. The van der Waals surface area contributed by atoms with Gasteiger partial charge in [-0.15, -0.1) is 71.3 Å². The zero-order valence-electron chi connectivity index (χ0n) is 32.9. The minimum absolute atomic E-state index is 0. The van der Waals surface area contributed by atoms with Gasteiger partial charge in [0.2, 0.25) is 0 Å². The first-order chi connectivity index (χ1) is 24.0. The van der Waals surface area contributed by atoms with Gasteiger partial charge < -0.3 is 9.97 Å². The second-order valence-electron chi connectivity index (χ2n) is 13.6. The first-order valence-corrected chi connectivity index (χ1v) is 19.6. The van der Waals surface area contributed by atoms with Crippen molar-refractivity contribution < 1.29 is 25.6 Å². The SMILES string of the molecule is [2H]C(C)(C)c1cc(-c2[c-]ccc(-c3ccccc3)c2)ncc1[Si](C)(C)C.[2H]C([2H])([2H])c1cc(C(C)(C)c2ccccc2)cnc1-c1[c-]cccc1.[Ir]. The smallest absolute Gasteiger partial charge is 0.0799 e. The number of hydrogen-bond donors (Lipinski definition) is 0. The van der Waals surface area contributed by atoms with Gasteiger partial charge in [-0.25, -0.2) is 0 Å². The van der Waals surface area contributed by atoms with Crippen LogP contribution < -0.4 is 5.19 Å². The topological polar surface area (TPSA) is 25.8 Å². The molecule has 6 aromatic rings. The van der Waals surface area contributed by atoms with Crippen molar-refractivity contribution in [1.29, 1.82) is 0 Å². The Morgan fingerprint density at radius 1 is 0.708 bits per heavy atom. The summed E-state index contributed by atoms with van der Waals surface area (Å²) in [7, 11) is -1.57. The molecular weight excluding hydrogens is 777 g/mol. The Labute approximate surface area is 308 Å². The Hall–Kier alpha value is -3.95. The fraction of sp³-hybridized carbons (Fsp3) is 0.227. The van der Waals surface area contributed by atoms with Gasteiger partial charge in [0.25, 0.3) is 0 Å². The van der Waals surface area contributed by atoms with E-state index < -0.39 is 20.8 Å². The summed E-state index contributed by atoms with van der Waals surface area (Å²) in [6, 6.07) is 44.1. The quantitative estimate of drug-likeness (QED) is 0.118. The number of benzene rings is 4. The minimum atomic E-state index is -2.24. The zero-order chi connectivity index (χ0) is 37.0. The van der Waals surface area contributed by atoms with Crippen molar-refractivity contribution in [1.82, 2.24) is 9.97 Å². The van der Waals surface area contributed by atoms with Crippen molar-refractivity contribution in [2.45, 2.75) is 65.5 Å². The molecule has 4 heteroatoms. The Balaban J connectivity index is 0.000000228. The molecule has 2 aromatic heterocycles. The average molecular weight is 827 g/mol. The Morgan fingerprint density at radius 2 is 1.38 bits per heavy atom. The van der Waals surface area contributed by atoms with Crippen LogP contribution in [0.4, 0.5) is 0 Å². The largest absolute Gasteiger partial charge is 0.305 e. The van der Waals surface area contributed by atoms with Crippen LogP contribution in [0.25, 0.3) is 33.6 Å². The van der Waals surface area contributed by atoms with E-state index in [0.717, 1.165) is 33.5 Å². The molecule has 48 heavy (non-hydrogen) atoms. The second kappa shape index (κ2) is 16.0. The molecule has 0 aliphatic rings. The molecule has 1 radical (unpaired) electrons. The van der Waals surface area contributed by atoms with Gasteiger partial charge in [-0.05, 0) is 46.0 Å². The molecule has 0 bridgehead atoms. The number of nitrogens with zero attached hydrogens (tertiary/aromatic N) is 2.